The molecular weight excluding hydrogens is 351 g/mol. The van der Waals surface area contributed by atoms with Gasteiger partial charge in [0.15, 0.2) is 6.61 Å². The van der Waals surface area contributed by atoms with Crippen LogP contribution in [-0.2, 0) is 0 Å². The largest absolute Gasteiger partial charge is 0.468 e. The van der Waals surface area contributed by atoms with E-state index in [1.165, 1.54) is 25.4 Å². The average Bonchev–Trinajstić information content (AvgIpc) is 2.60. The molecule has 2 N–H and O–H groups in total. The van der Waals surface area contributed by atoms with Crippen LogP contribution in [-0.4, -0.2) is 36.6 Å². The Morgan fingerprint density at radius 3 is 2.46 bits per heavy atom. The van der Waals surface area contributed by atoms with E-state index in [2.05, 4.69) is 20.4 Å². The second-order valence-corrected chi connectivity index (χ2v) is 5.35. The van der Waals surface area contributed by atoms with Gasteiger partial charge in [-0.3, -0.25) is 9.59 Å². The molecule has 0 aliphatic heterocycles. The van der Waals surface area contributed by atoms with Crippen LogP contribution in [0.3, 0.4) is 0 Å². The first-order valence-corrected chi connectivity index (χ1v) is 7.49. The molecule has 0 saturated carbocycles. The number of hydrogen-bond acceptors (Lipinski definition) is 4. The van der Waals surface area contributed by atoms with Crippen LogP contribution in [0.2, 0.25) is 0 Å². The van der Waals surface area contributed by atoms with Gasteiger partial charge in [-0.2, -0.15) is 13.2 Å². The van der Waals surface area contributed by atoms with Crippen molar-refractivity contribution in [1.29, 1.82) is 0 Å². The molecule has 2 amide bonds. The van der Waals surface area contributed by atoms with Crippen molar-refractivity contribution in [2.75, 3.05) is 19.0 Å². The van der Waals surface area contributed by atoms with E-state index in [0.29, 0.717) is 16.8 Å². The highest BCUT2D eigenvalue weighted by Gasteiger charge is 2.28. The molecule has 6 nitrogen and oxygen atoms in total. The molecule has 2 rings (SSSR count). The average molecular weight is 367 g/mol. The summed E-state index contributed by atoms with van der Waals surface area (Å²) < 4.78 is 41.1. The topological polar surface area (TPSA) is 80.3 Å². The fourth-order valence-corrected chi connectivity index (χ4v) is 2.02. The third-order valence-electron chi connectivity index (χ3n) is 3.36. The maximum atomic E-state index is 12.4. The van der Waals surface area contributed by atoms with Crippen LogP contribution in [0.15, 0.2) is 36.5 Å². The quantitative estimate of drug-likeness (QED) is 0.852. The van der Waals surface area contributed by atoms with Crippen molar-refractivity contribution >= 4 is 17.5 Å². The Kier molecular flexibility index (Phi) is 5.81. The number of carbonyl (C=O) groups excluding carboxylic acids is 2. The lowest BCUT2D eigenvalue weighted by Crippen LogP contribution is -2.20. The number of amides is 2. The van der Waals surface area contributed by atoms with E-state index in [1.54, 1.807) is 19.1 Å². The maximum Gasteiger partial charge on any atom is 0.422 e. The van der Waals surface area contributed by atoms with E-state index in [0.717, 1.165) is 6.07 Å². The molecule has 0 spiro atoms. The van der Waals surface area contributed by atoms with Crippen LogP contribution >= 0.6 is 0 Å². The SMILES string of the molecule is CNC(=O)c1ccc(C)c(NC(=O)c2ccnc(OCC(F)(F)F)c2)c1. The summed E-state index contributed by atoms with van der Waals surface area (Å²) in [6, 6.07) is 7.24. The molecule has 0 atom stereocenters. The van der Waals surface area contributed by atoms with Crippen molar-refractivity contribution in [2.24, 2.45) is 0 Å². The smallest absolute Gasteiger partial charge is 0.422 e. The number of nitrogens with one attached hydrogen (secondary N) is 2. The molecular formula is C17H16F3N3O3. The maximum absolute atomic E-state index is 12.4. The summed E-state index contributed by atoms with van der Waals surface area (Å²) in [7, 11) is 1.49. The number of benzene rings is 1. The highest BCUT2D eigenvalue weighted by atomic mass is 19.4. The predicted molar refractivity (Wildman–Crippen MR) is 88.3 cm³/mol. The zero-order valence-electron chi connectivity index (χ0n) is 14.0. The van der Waals surface area contributed by atoms with Gasteiger partial charge >= 0.3 is 6.18 Å². The first kappa shape index (κ1) is 19.2. The van der Waals surface area contributed by atoms with Gasteiger partial charge in [0.05, 0.1) is 0 Å². The van der Waals surface area contributed by atoms with Gasteiger partial charge in [0.25, 0.3) is 11.8 Å². The number of anilines is 1. The number of carbonyl (C=O) groups is 2. The Morgan fingerprint density at radius 2 is 1.81 bits per heavy atom. The van der Waals surface area contributed by atoms with Gasteiger partial charge in [0.2, 0.25) is 5.88 Å². The van der Waals surface area contributed by atoms with Gasteiger partial charge in [-0.05, 0) is 30.7 Å². The van der Waals surface area contributed by atoms with Crippen LogP contribution in [0.25, 0.3) is 0 Å². The summed E-state index contributed by atoms with van der Waals surface area (Å²) in [5.41, 5.74) is 1.55. The minimum absolute atomic E-state index is 0.0712. The molecule has 1 aromatic heterocycles. The number of ether oxygens (including phenoxy) is 1. The first-order valence-electron chi connectivity index (χ1n) is 7.49. The van der Waals surface area contributed by atoms with Crippen molar-refractivity contribution in [3.05, 3.63) is 53.2 Å². The third-order valence-corrected chi connectivity index (χ3v) is 3.36. The van der Waals surface area contributed by atoms with Crippen LogP contribution in [0, 0.1) is 6.92 Å². The summed E-state index contributed by atoms with van der Waals surface area (Å²) in [6.45, 7) is 0.242. The lowest BCUT2D eigenvalue weighted by atomic mass is 10.1. The molecule has 9 heteroatoms. The monoisotopic (exact) mass is 367 g/mol. The lowest BCUT2D eigenvalue weighted by molar-refractivity contribution is -0.154. The predicted octanol–water partition coefficient (Wildman–Crippen LogP) is 2.94. The minimum atomic E-state index is -4.50. The molecule has 2 aromatic rings. The summed E-state index contributed by atoms with van der Waals surface area (Å²) in [5.74, 6) is -1.19. The third kappa shape index (κ3) is 5.20. The molecule has 26 heavy (non-hydrogen) atoms. The zero-order chi connectivity index (χ0) is 19.3. The van der Waals surface area contributed by atoms with Crippen LogP contribution < -0.4 is 15.4 Å². The van der Waals surface area contributed by atoms with Gasteiger partial charge in [-0.25, -0.2) is 4.98 Å². The normalized spacial score (nSPS) is 11.0. The minimum Gasteiger partial charge on any atom is -0.468 e. The molecule has 0 saturated heterocycles. The van der Waals surface area contributed by atoms with E-state index in [-0.39, 0.29) is 17.4 Å². The number of rotatable bonds is 5. The Hall–Kier alpha value is -3.10. The highest BCUT2D eigenvalue weighted by molar-refractivity contribution is 6.05. The molecule has 138 valence electrons. The fourth-order valence-electron chi connectivity index (χ4n) is 2.02. The van der Waals surface area contributed by atoms with Gasteiger partial charge in [-0.1, -0.05) is 6.07 Å². The molecule has 0 radical (unpaired) electrons. The zero-order valence-corrected chi connectivity index (χ0v) is 14.0. The Bertz CT molecular complexity index is 822. The van der Waals surface area contributed by atoms with E-state index in [9.17, 15) is 22.8 Å². The van der Waals surface area contributed by atoms with E-state index in [4.69, 9.17) is 0 Å². The molecule has 0 unspecified atom stereocenters. The van der Waals surface area contributed by atoms with Gasteiger partial charge < -0.3 is 15.4 Å². The van der Waals surface area contributed by atoms with Crippen molar-refractivity contribution in [3.63, 3.8) is 0 Å². The molecule has 1 heterocycles. The van der Waals surface area contributed by atoms with Crippen molar-refractivity contribution in [1.82, 2.24) is 10.3 Å². The second-order valence-electron chi connectivity index (χ2n) is 5.35. The summed E-state index contributed by atoms with van der Waals surface area (Å²) in [4.78, 5) is 27.7. The standard InChI is InChI=1S/C17H16F3N3O3/c1-10-3-4-11(15(24)21-2)7-13(10)23-16(25)12-5-6-22-14(8-12)26-9-17(18,19)20/h3-8H,9H2,1-2H3,(H,21,24)(H,23,25). The summed E-state index contributed by atoms with van der Waals surface area (Å²) in [5, 5.41) is 5.10. The van der Waals surface area contributed by atoms with Gasteiger partial charge in [-0.15, -0.1) is 0 Å². The Morgan fingerprint density at radius 1 is 1.12 bits per heavy atom. The number of aromatic nitrogens is 1. The van der Waals surface area contributed by atoms with Crippen molar-refractivity contribution in [3.8, 4) is 5.88 Å². The Labute approximate surface area is 147 Å². The Balaban J connectivity index is 2.16. The van der Waals surface area contributed by atoms with E-state index >= 15 is 0 Å². The molecule has 0 aliphatic carbocycles. The van der Waals surface area contributed by atoms with Crippen LogP contribution in [0.5, 0.6) is 5.88 Å². The van der Waals surface area contributed by atoms with E-state index in [1.807, 2.05) is 0 Å². The second kappa shape index (κ2) is 7.85. The molecule has 0 aliphatic rings. The van der Waals surface area contributed by atoms with Gasteiger partial charge in [0, 0.05) is 36.1 Å². The summed E-state index contributed by atoms with van der Waals surface area (Å²) in [6.07, 6.45) is -3.33. The number of aryl methyl sites for hydroxylation is 1. The molecule has 0 fully saturated rings. The number of pyridine rings is 1. The van der Waals surface area contributed by atoms with Gasteiger partial charge in [0.1, 0.15) is 0 Å². The highest BCUT2D eigenvalue weighted by Crippen LogP contribution is 2.20. The number of halogens is 3. The lowest BCUT2D eigenvalue weighted by Gasteiger charge is -2.11. The fraction of sp³-hybridized carbons (Fsp3) is 0.235. The number of alkyl halides is 3. The number of hydrogen-bond donors (Lipinski definition) is 2. The van der Waals surface area contributed by atoms with Crippen molar-refractivity contribution < 1.29 is 27.5 Å². The molecule has 0 bridgehead atoms. The van der Waals surface area contributed by atoms with Crippen molar-refractivity contribution in [2.45, 2.75) is 13.1 Å². The first-order chi connectivity index (χ1) is 12.2. The summed E-state index contributed by atoms with van der Waals surface area (Å²) >= 11 is 0. The van der Waals surface area contributed by atoms with Crippen LogP contribution in [0.1, 0.15) is 26.3 Å². The van der Waals surface area contributed by atoms with E-state index < -0.39 is 18.7 Å². The molecule has 1 aromatic carbocycles. The number of nitrogens with zero attached hydrogens (tertiary/aromatic N) is 1. The van der Waals surface area contributed by atoms with Crippen LogP contribution in [0.4, 0.5) is 18.9 Å².